The summed E-state index contributed by atoms with van der Waals surface area (Å²) in [6.07, 6.45) is 0. The first-order valence-corrected chi connectivity index (χ1v) is 15.9. The van der Waals surface area contributed by atoms with E-state index in [-0.39, 0.29) is 11.3 Å². The summed E-state index contributed by atoms with van der Waals surface area (Å²) < 4.78 is 2.33. The molecule has 1 aliphatic rings. The predicted molar refractivity (Wildman–Crippen MR) is 192 cm³/mol. The molecule has 1 aliphatic carbocycles. The molecule has 2 N–H and O–H groups in total. The van der Waals surface area contributed by atoms with E-state index in [0.29, 0.717) is 11.2 Å². The average molecular weight is 606 g/mol. The van der Waals surface area contributed by atoms with Crippen LogP contribution in [0.1, 0.15) is 30.5 Å². The number of benzene rings is 6. The molecular weight excluding hydrogens is 574 g/mol. The van der Waals surface area contributed by atoms with E-state index < -0.39 is 0 Å². The third-order valence-electron chi connectivity index (χ3n) is 9.64. The molecule has 0 amide bonds. The molecule has 6 aromatic carbocycles. The van der Waals surface area contributed by atoms with Crippen molar-refractivity contribution in [2.45, 2.75) is 19.3 Å². The highest BCUT2D eigenvalue weighted by molar-refractivity contribution is 6.14. The van der Waals surface area contributed by atoms with Gasteiger partial charge in [-0.2, -0.15) is 4.99 Å². The van der Waals surface area contributed by atoms with Crippen molar-refractivity contribution in [1.29, 1.82) is 5.41 Å². The summed E-state index contributed by atoms with van der Waals surface area (Å²) in [6, 6.07) is 48.3. The van der Waals surface area contributed by atoms with Crippen molar-refractivity contribution < 1.29 is 0 Å². The fourth-order valence-corrected chi connectivity index (χ4v) is 7.55. The number of nitrogens with one attached hydrogen (secondary N) is 2. The number of para-hydroxylation sites is 2. The number of hydrogen-bond donors (Lipinski definition) is 2. The maximum atomic E-state index is 9.09. The maximum absolute atomic E-state index is 9.09. The second-order valence-electron chi connectivity index (χ2n) is 12.7. The summed E-state index contributed by atoms with van der Waals surface area (Å²) in [5.74, 6) is 0.142. The van der Waals surface area contributed by atoms with Crippen molar-refractivity contribution in [3.8, 4) is 28.1 Å². The third-order valence-corrected chi connectivity index (χ3v) is 9.64. The first-order valence-electron chi connectivity index (χ1n) is 15.9. The lowest BCUT2D eigenvalue weighted by atomic mass is 9.80. The maximum Gasteiger partial charge on any atom is 0.229 e. The van der Waals surface area contributed by atoms with Crippen molar-refractivity contribution in [2.24, 2.45) is 4.99 Å². The largest absolute Gasteiger partial charge is 0.323 e. The van der Waals surface area contributed by atoms with Crippen LogP contribution in [-0.2, 0) is 5.41 Å². The van der Waals surface area contributed by atoms with E-state index in [2.05, 4.69) is 102 Å². The molecule has 8 aromatic rings. The van der Waals surface area contributed by atoms with E-state index >= 15 is 0 Å². The molecule has 0 bridgehead atoms. The van der Waals surface area contributed by atoms with Gasteiger partial charge in [0.05, 0.1) is 22.2 Å². The fourth-order valence-electron chi connectivity index (χ4n) is 7.55. The Morgan fingerprint density at radius 1 is 0.702 bits per heavy atom. The molecule has 0 aliphatic heterocycles. The van der Waals surface area contributed by atoms with E-state index in [0.717, 1.165) is 38.9 Å². The summed E-state index contributed by atoms with van der Waals surface area (Å²) in [4.78, 5) is 12.9. The van der Waals surface area contributed by atoms with E-state index in [9.17, 15) is 0 Å². The molecule has 47 heavy (non-hydrogen) atoms. The molecule has 0 unspecified atom stereocenters. The van der Waals surface area contributed by atoms with Crippen LogP contribution < -0.4 is 5.62 Å². The SMILES string of the molecule is CC1(C)c2ccccc2-c2ccc3c(c21)c1ccccc1n3-c1cccc(C(=N)N=c2nc(-c3ccccc3)c3ccccc3[nH]2)c1. The number of H-pyrrole nitrogens is 1. The third kappa shape index (κ3) is 4.13. The summed E-state index contributed by atoms with van der Waals surface area (Å²) in [6.45, 7) is 4.68. The number of amidine groups is 1. The monoisotopic (exact) mass is 605 g/mol. The summed E-state index contributed by atoms with van der Waals surface area (Å²) in [5, 5.41) is 12.6. The first kappa shape index (κ1) is 27.3. The van der Waals surface area contributed by atoms with Crippen LogP contribution in [0.2, 0.25) is 0 Å². The topological polar surface area (TPSA) is 69.8 Å². The van der Waals surface area contributed by atoms with Crippen molar-refractivity contribution in [1.82, 2.24) is 14.5 Å². The average Bonchev–Trinajstić information content (AvgIpc) is 3.57. The van der Waals surface area contributed by atoms with Gasteiger partial charge in [-0.05, 0) is 52.6 Å². The van der Waals surface area contributed by atoms with Crippen molar-refractivity contribution in [2.75, 3.05) is 0 Å². The van der Waals surface area contributed by atoms with Crippen LogP contribution in [0.3, 0.4) is 0 Å². The van der Waals surface area contributed by atoms with E-state index in [1.54, 1.807) is 0 Å². The smallest absolute Gasteiger partial charge is 0.229 e. The Bertz CT molecular complexity index is 2620. The van der Waals surface area contributed by atoms with Gasteiger partial charge in [-0.3, -0.25) is 5.41 Å². The zero-order chi connectivity index (χ0) is 31.7. The first-order chi connectivity index (χ1) is 23.0. The Balaban J connectivity index is 1.20. The highest BCUT2D eigenvalue weighted by Crippen LogP contribution is 2.53. The minimum atomic E-state index is -0.134. The molecule has 0 radical (unpaired) electrons. The second-order valence-corrected chi connectivity index (χ2v) is 12.7. The number of hydrogen-bond acceptors (Lipinski definition) is 2. The van der Waals surface area contributed by atoms with Gasteiger partial charge in [-0.1, -0.05) is 123 Å². The van der Waals surface area contributed by atoms with Crippen molar-refractivity contribution in [3.05, 3.63) is 162 Å². The molecule has 224 valence electrons. The van der Waals surface area contributed by atoms with Gasteiger partial charge in [-0.25, -0.2) is 4.98 Å². The highest BCUT2D eigenvalue weighted by atomic mass is 15.0. The normalized spacial score (nSPS) is 13.7. The molecule has 5 nitrogen and oxygen atoms in total. The van der Waals surface area contributed by atoms with Crippen LogP contribution in [-0.4, -0.2) is 20.4 Å². The standard InChI is InChI=1S/C42H31N5/c1-42(2)33-20-9-6-17-29(33)30-23-24-36-37(38(30)42)32-19-8-11-22-35(32)47(36)28-16-12-15-27(25-28)40(43)46-41-44-34-21-10-7-18-31(34)39(45-41)26-13-4-3-5-14-26/h3-25H,1-2H3,(H2,43,44,45,46). The minimum absolute atomic E-state index is 0.134. The molecule has 9 rings (SSSR count). The van der Waals surface area contributed by atoms with E-state index in [1.165, 1.54) is 33.0 Å². The molecule has 2 aromatic heterocycles. The molecule has 0 saturated heterocycles. The summed E-state index contributed by atoms with van der Waals surface area (Å²) in [7, 11) is 0. The Morgan fingerprint density at radius 3 is 2.32 bits per heavy atom. The number of fused-ring (bicyclic) bond motifs is 8. The Labute approximate surface area is 272 Å². The van der Waals surface area contributed by atoms with Gasteiger partial charge in [0, 0.05) is 38.4 Å². The summed E-state index contributed by atoms with van der Waals surface area (Å²) in [5.41, 5.74) is 12.4. The molecule has 0 spiro atoms. The Kier molecular flexibility index (Phi) is 5.93. The fraction of sp³-hybridized carbons (Fsp3) is 0.0714. The van der Waals surface area contributed by atoms with Gasteiger partial charge in [0.15, 0.2) is 5.84 Å². The molecule has 0 saturated carbocycles. The van der Waals surface area contributed by atoms with Gasteiger partial charge in [0.25, 0.3) is 0 Å². The number of aromatic nitrogens is 3. The van der Waals surface area contributed by atoms with Gasteiger partial charge < -0.3 is 9.55 Å². The Morgan fingerprint density at radius 2 is 1.45 bits per heavy atom. The van der Waals surface area contributed by atoms with Gasteiger partial charge >= 0.3 is 0 Å². The van der Waals surface area contributed by atoms with Gasteiger partial charge in [0.2, 0.25) is 5.62 Å². The highest BCUT2D eigenvalue weighted by Gasteiger charge is 2.37. The molecule has 5 heteroatoms. The lowest BCUT2D eigenvalue weighted by Crippen LogP contribution is -2.17. The quantitative estimate of drug-likeness (QED) is 0.153. The second kappa shape index (κ2) is 10.2. The van der Waals surface area contributed by atoms with Crippen LogP contribution in [0, 0.1) is 5.41 Å². The minimum Gasteiger partial charge on any atom is -0.323 e. The van der Waals surface area contributed by atoms with Crippen molar-refractivity contribution in [3.63, 3.8) is 0 Å². The molecule has 0 atom stereocenters. The Hall–Kier alpha value is -6.07. The van der Waals surface area contributed by atoms with E-state index in [4.69, 9.17) is 15.4 Å². The van der Waals surface area contributed by atoms with Gasteiger partial charge in [0.1, 0.15) is 0 Å². The summed E-state index contributed by atoms with van der Waals surface area (Å²) >= 11 is 0. The predicted octanol–water partition coefficient (Wildman–Crippen LogP) is 9.56. The number of nitrogens with zero attached hydrogens (tertiary/aromatic N) is 3. The van der Waals surface area contributed by atoms with Crippen LogP contribution in [0.15, 0.2) is 145 Å². The van der Waals surface area contributed by atoms with Crippen LogP contribution in [0.4, 0.5) is 0 Å². The zero-order valence-corrected chi connectivity index (χ0v) is 26.1. The van der Waals surface area contributed by atoms with E-state index in [1.807, 2.05) is 60.7 Å². The van der Waals surface area contributed by atoms with Crippen molar-refractivity contribution >= 4 is 38.5 Å². The van der Waals surface area contributed by atoms with Crippen LogP contribution in [0.25, 0.3) is 60.8 Å². The number of aromatic amines is 1. The lowest BCUT2D eigenvalue weighted by molar-refractivity contribution is 0.666. The van der Waals surface area contributed by atoms with Gasteiger partial charge in [-0.15, -0.1) is 0 Å². The van der Waals surface area contributed by atoms with Crippen LogP contribution in [0.5, 0.6) is 0 Å². The zero-order valence-electron chi connectivity index (χ0n) is 26.1. The lowest BCUT2D eigenvalue weighted by Gasteiger charge is -2.22. The molecular formula is C42H31N5. The molecule has 2 heterocycles. The van der Waals surface area contributed by atoms with Crippen LogP contribution >= 0.6 is 0 Å². The molecule has 0 fully saturated rings. The number of rotatable bonds is 3.